The summed E-state index contributed by atoms with van der Waals surface area (Å²) in [5.41, 5.74) is 0. The Hall–Kier alpha value is -0.510. The number of alkyl halides is 2. The summed E-state index contributed by atoms with van der Waals surface area (Å²) in [5, 5.41) is 0.630. The maximum Gasteiger partial charge on any atom is 0.275 e. The van der Waals surface area contributed by atoms with Crippen molar-refractivity contribution in [1.29, 1.82) is 0 Å². The van der Waals surface area contributed by atoms with E-state index in [0.29, 0.717) is 5.01 Å². The van der Waals surface area contributed by atoms with Gasteiger partial charge in [-0.15, -0.1) is 11.3 Å². The highest BCUT2D eigenvalue weighted by atomic mass is 32.1. The van der Waals surface area contributed by atoms with Gasteiger partial charge in [-0.05, 0) is 6.92 Å². The Balaban J connectivity index is 2.85. The van der Waals surface area contributed by atoms with Gasteiger partial charge in [-0.25, -0.2) is 13.8 Å². The van der Waals surface area contributed by atoms with Crippen LogP contribution in [0.3, 0.4) is 0 Å². The van der Waals surface area contributed by atoms with Crippen LogP contribution < -0.4 is 0 Å². The molecule has 0 aliphatic rings. The first-order valence-electron chi connectivity index (χ1n) is 2.33. The Morgan fingerprint density at radius 3 is 2.56 bits per heavy atom. The van der Waals surface area contributed by atoms with Gasteiger partial charge in [0.05, 0.1) is 5.01 Å². The van der Waals surface area contributed by atoms with Crippen LogP contribution >= 0.6 is 11.3 Å². The zero-order valence-corrected chi connectivity index (χ0v) is 5.51. The first kappa shape index (κ1) is 6.61. The first-order chi connectivity index (χ1) is 4.20. The number of nitrogens with zero attached hydrogens (tertiary/aromatic N) is 1. The number of halogens is 2. The third kappa shape index (κ3) is 1.45. The summed E-state index contributed by atoms with van der Waals surface area (Å²) in [7, 11) is 0. The predicted molar refractivity (Wildman–Crippen MR) is 30.6 cm³/mol. The van der Waals surface area contributed by atoms with Crippen molar-refractivity contribution in [3.8, 4) is 0 Å². The average Bonchev–Trinajstić information content (AvgIpc) is 2.14. The van der Waals surface area contributed by atoms with Crippen LogP contribution in [0.4, 0.5) is 8.78 Å². The SMILES string of the molecule is Cc1n[c]c(C(F)F)s1. The Kier molecular flexibility index (Phi) is 1.75. The Bertz CT molecular complexity index is 197. The molecule has 0 fully saturated rings. The molecule has 0 saturated heterocycles. The van der Waals surface area contributed by atoms with E-state index in [1.165, 1.54) is 0 Å². The van der Waals surface area contributed by atoms with E-state index >= 15 is 0 Å². The molecule has 1 nitrogen and oxygen atoms in total. The molecule has 0 aromatic carbocycles. The van der Waals surface area contributed by atoms with E-state index in [9.17, 15) is 8.78 Å². The van der Waals surface area contributed by atoms with Crippen LogP contribution in [0.5, 0.6) is 0 Å². The van der Waals surface area contributed by atoms with Crippen molar-refractivity contribution in [3.05, 3.63) is 16.1 Å². The molecule has 49 valence electrons. The van der Waals surface area contributed by atoms with Gasteiger partial charge in [0.15, 0.2) is 0 Å². The Morgan fingerprint density at radius 1 is 1.67 bits per heavy atom. The van der Waals surface area contributed by atoms with Gasteiger partial charge in [0.2, 0.25) is 0 Å². The summed E-state index contributed by atoms with van der Waals surface area (Å²) in [6, 6.07) is 0. The molecule has 0 spiro atoms. The van der Waals surface area contributed by atoms with E-state index < -0.39 is 6.43 Å². The average molecular weight is 148 g/mol. The minimum atomic E-state index is -2.42. The quantitative estimate of drug-likeness (QED) is 0.594. The van der Waals surface area contributed by atoms with Crippen molar-refractivity contribution in [2.75, 3.05) is 0 Å². The van der Waals surface area contributed by atoms with Crippen molar-refractivity contribution >= 4 is 11.3 Å². The number of aromatic nitrogens is 1. The minimum Gasteiger partial charge on any atom is -0.239 e. The highest BCUT2D eigenvalue weighted by Gasteiger charge is 2.09. The molecule has 1 aromatic heterocycles. The molecule has 4 heteroatoms. The summed E-state index contributed by atoms with van der Waals surface area (Å²) in [6.07, 6.45) is -0.197. The second-order valence-corrected chi connectivity index (χ2v) is 2.74. The van der Waals surface area contributed by atoms with Crippen LogP contribution in [0.25, 0.3) is 0 Å². The number of thiazole rings is 1. The third-order valence-electron chi connectivity index (χ3n) is 0.779. The van der Waals surface area contributed by atoms with Gasteiger partial charge in [0, 0.05) is 0 Å². The highest BCUT2D eigenvalue weighted by molar-refractivity contribution is 7.11. The number of aryl methyl sites for hydroxylation is 1. The zero-order chi connectivity index (χ0) is 6.85. The van der Waals surface area contributed by atoms with E-state index in [0.717, 1.165) is 11.3 Å². The lowest BCUT2D eigenvalue weighted by atomic mass is 10.6. The normalized spacial score (nSPS) is 10.7. The smallest absolute Gasteiger partial charge is 0.239 e. The fourth-order valence-corrected chi connectivity index (χ4v) is 1.02. The van der Waals surface area contributed by atoms with Gasteiger partial charge in [-0.3, -0.25) is 0 Å². The summed E-state index contributed by atoms with van der Waals surface area (Å²) in [6.45, 7) is 1.67. The van der Waals surface area contributed by atoms with E-state index in [4.69, 9.17) is 0 Å². The van der Waals surface area contributed by atoms with Gasteiger partial charge >= 0.3 is 0 Å². The van der Waals surface area contributed by atoms with Gasteiger partial charge in [0.1, 0.15) is 11.1 Å². The third-order valence-corrected chi connectivity index (χ3v) is 1.66. The molecule has 0 N–H and O–H groups in total. The van der Waals surface area contributed by atoms with Crippen molar-refractivity contribution in [2.45, 2.75) is 13.3 Å². The van der Waals surface area contributed by atoms with E-state index in [1.54, 1.807) is 6.92 Å². The van der Waals surface area contributed by atoms with Crippen LogP contribution in [-0.2, 0) is 0 Å². The standard InChI is InChI=1S/C5H4F2NS/c1-3-8-2-4(9-3)5(6)7/h5H,1H3. The molecule has 1 radical (unpaired) electrons. The molecule has 9 heavy (non-hydrogen) atoms. The van der Waals surface area contributed by atoms with Crippen molar-refractivity contribution in [2.24, 2.45) is 0 Å². The maximum atomic E-state index is 11.7. The second kappa shape index (κ2) is 2.39. The topological polar surface area (TPSA) is 12.9 Å². The lowest BCUT2D eigenvalue weighted by Crippen LogP contribution is -1.73. The van der Waals surface area contributed by atoms with Crippen LogP contribution in [-0.4, -0.2) is 4.98 Å². The molecule has 1 aromatic rings. The van der Waals surface area contributed by atoms with E-state index in [-0.39, 0.29) is 4.88 Å². The molecule has 1 rings (SSSR count). The van der Waals surface area contributed by atoms with E-state index in [1.807, 2.05) is 0 Å². The van der Waals surface area contributed by atoms with Crippen LogP contribution in [0.15, 0.2) is 0 Å². The van der Waals surface area contributed by atoms with Gasteiger partial charge in [-0.1, -0.05) is 0 Å². The molecular weight excluding hydrogens is 144 g/mol. The largest absolute Gasteiger partial charge is 0.275 e. The second-order valence-electron chi connectivity index (χ2n) is 1.51. The monoisotopic (exact) mass is 148 g/mol. The van der Waals surface area contributed by atoms with Crippen molar-refractivity contribution in [1.82, 2.24) is 4.98 Å². The molecule has 0 bridgehead atoms. The number of hydrogen-bond acceptors (Lipinski definition) is 2. The lowest BCUT2D eigenvalue weighted by Gasteiger charge is -1.85. The fourth-order valence-electron chi connectivity index (χ4n) is 0.432. The molecule has 1 heterocycles. The van der Waals surface area contributed by atoms with Gasteiger partial charge in [-0.2, -0.15) is 0 Å². The maximum absolute atomic E-state index is 11.7. The summed E-state index contributed by atoms with van der Waals surface area (Å²) in [5.74, 6) is 0. The zero-order valence-electron chi connectivity index (χ0n) is 4.69. The Morgan fingerprint density at radius 2 is 2.33 bits per heavy atom. The lowest BCUT2D eigenvalue weighted by molar-refractivity contribution is 0.155. The summed E-state index contributed by atoms with van der Waals surface area (Å²) in [4.78, 5) is 3.48. The first-order valence-corrected chi connectivity index (χ1v) is 3.15. The predicted octanol–water partition coefficient (Wildman–Crippen LogP) is 2.19. The van der Waals surface area contributed by atoms with Crippen LogP contribution in [0.2, 0.25) is 0 Å². The number of rotatable bonds is 1. The molecule has 0 unspecified atom stereocenters. The van der Waals surface area contributed by atoms with Crippen molar-refractivity contribution in [3.63, 3.8) is 0 Å². The summed E-state index contributed by atoms with van der Waals surface area (Å²) >= 11 is 0.979. The molecular formula is C5H4F2NS. The minimum absolute atomic E-state index is 0.0764. The van der Waals surface area contributed by atoms with Crippen molar-refractivity contribution < 1.29 is 8.78 Å². The Labute approximate surface area is 55.4 Å². The molecule has 0 amide bonds. The van der Waals surface area contributed by atoms with Crippen LogP contribution in [0.1, 0.15) is 16.3 Å². The summed E-state index contributed by atoms with van der Waals surface area (Å²) < 4.78 is 23.4. The molecule has 0 aliphatic carbocycles. The highest BCUT2D eigenvalue weighted by Crippen LogP contribution is 2.23. The van der Waals surface area contributed by atoms with Crippen LogP contribution in [0, 0.1) is 13.1 Å². The van der Waals surface area contributed by atoms with Gasteiger partial charge in [0.25, 0.3) is 6.43 Å². The van der Waals surface area contributed by atoms with E-state index in [2.05, 4.69) is 11.2 Å². The fraction of sp³-hybridized carbons (Fsp3) is 0.400. The van der Waals surface area contributed by atoms with Gasteiger partial charge < -0.3 is 0 Å². The molecule has 0 saturated carbocycles. The number of hydrogen-bond donors (Lipinski definition) is 0. The molecule has 0 atom stereocenters. The molecule has 0 aliphatic heterocycles.